The number of hydrogen-bond acceptors (Lipinski definition) is 3. The fourth-order valence-corrected chi connectivity index (χ4v) is 3.13. The Labute approximate surface area is 119 Å². The lowest BCUT2D eigenvalue weighted by atomic mass is 9.98. The van der Waals surface area contributed by atoms with Gasteiger partial charge in [-0.2, -0.15) is 0 Å². The van der Waals surface area contributed by atoms with Crippen molar-refractivity contribution >= 4 is 11.8 Å². The zero-order chi connectivity index (χ0) is 13.9. The largest absolute Gasteiger partial charge is 0.314 e. The number of rotatable bonds is 4. The predicted octanol–water partition coefficient (Wildman–Crippen LogP) is 1.74. The molecule has 4 nitrogen and oxygen atoms in total. The standard InChI is InChI=1S/C16H20N2O2/c19-15-11-12-5-1-2-8-14(12)16(20)18(15)10-4-7-13-6-3-9-17-13/h1-2,5,8,13,17H,3-4,6-7,9-11H2. The molecule has 0 bridgehead atoms. The second kappa shape index (κ2) is 5.75. The fourth-order valence-electron chi connectivity index (χ4n) is 3.13. The Morgan fingerprint density at radius 1 is 1.25 bits per heavy atom. The molecule has 1 unspecified atom stereocenters. The van der Waals surface area contributed by atoms with Gasteiger partial charge in [0.25, 0.3) is 5.91 Å². The predicted molar refractivity (Wildman–Crippen MR) is 76.4 cm³/mol. The van der Waals surface area contributed by atoms with Crippen molar-refractivity contribution in [3.8, 4) is 0 Å². The number of benzene rings is 1. The fraction of sp³-hybridized carbons (Fsp3) is 0.500. The molecule has 2 aliphatic rings. The van der Waals surface area contributed by atoms with E-state index in [9.17, 15) is 9.59 Å². The van der Waals surface area contributed by atoms with Gasteiger partial charge in [0.1, 0.15) is 0 Å². The van der Waals surface area contributed by atoms with Crippen LogP contribution in [-0.2, 0) is 11.2 Å². The van der Waals surface area contributed by atoms with Crippen LogP contribution in [0.3, 0.4) is 0 Å². The molecule has 0 saturated carbocycles. The summed E-state index contributed by atoms with van der Waals surface area (Å²) in [7, 11) is 0. The first-order chi connectivity index (χ1) is 9.75. The van der Waals surface area contributed by atoms with Gasteiger partial charge in [-0.3, -0.25) is 14.5 Å². The summed E-state index contributed by atoms with van der Waals surface area (Å²) in [5.41, 5.74) is 1.54. The summed E-state index contributed by atoms with van der Waals surface area (Å²) < 4.78 is 0. The van der Waals surface area contributed by atoms with Crippen LogP contribution in [0.25, 0.3) is 0 Å². The smallest absolute Gasteiger partial charge is 0.260 e. The summed E-state index contributed by atoms with van der Waals surface area (Å²) in [6, 6.07) is 7.98. The lowest BCUT2D eigenvalue weighted by Gasteiger charge is -2.27. The van der Waals surface area contributed by atoms with Crippen LogP contribution >= 0.6 is 0 Å². The second-order valence-electron chi connectivity index (χ2n) is 5.62. The number of carbonyl (C=O) groups excluding carboxylic acids is 2. The summed E-state index contributed by atoms with van der Waals surface area (Å²) in [4.78, 5) is 25.9. The van der Waals surface area contributed by atoms with Crippen molar-refractivity contribution in [3.05, 3.63) is 35.4 Å². The number of carbonyl (C=O) groups is 2. The molecule has 2 aliphatic heterocycles. The summed E-state index contributed by atoms with van der Waals surface area (Å²) in [6.07, 6.45) is 4.73. The third-order valence-electron chi connectivity index (χ3n) is 4.23. The van der Waals surface area contributed by atoms with Crippen molar-refractivity contribution in [1.82, 2.24) is 10.2 Å². The van der Waals surface area contributed by atoms with Gasteiger partial charge >= 0.3 is 0 Å². The minimum absolute atomic E-state index is 0.0620. The van der Waals surface area contributed by atoms with Crippen LogP contribution in [0.15, 0.2) is 24.3 Å². The number of hydrogen-bond donors (Lipinski definition) is 1. The average Bonchev–Trinajstić information content (AvgIpc) is 2.96. The van der Waals surface area contributed by atoms with E-state index in [4.69, 9.17) is 0 Å². The Bertz CT molecular complexity index is 521. The maximum atomic E-state index is 12.3. The Balaban J connectivity index is 1.62. The highest BCUT2D eigenvalue weighted by molar-refractivity contribution is 6.09. The van der Waals surface area contributed by atoms with E-state index in [1.165, 1.54) is 17.7 Å². The lowest BCUT2D eigenvalue weighted by molar-refractivity contribution is -0.128. The molecule has 0 spiro atoms. The van der Waals surface area contributed by atoms with E-state index < -0.39 is 0 Å². The normalized spacial score (nSPS) is 22.2. The minimum Gasteiger partial charge on any atom is -0.314 e. The SMILES string of the molecule is O=C1Cc2ccccc2C(=O)N1CCCC1CCCN1. The Kier molecular flexibility index (Phi) is 3.83. The number of imide groups is 1. The molecule has 1 aromatic carbocycles. The van der Waals surface area contributed by atoms with Gasteiger partial charge in [0.15, 0.2) is 0 Å². The topological polar surface area (TPSA) is 49.4 Å². The van der Waals surface area contributed by atoms with Gasteiger partial charge in [-0.15, -0.1) is 0 Å². The van der Waals surface area contributed by atoms with Crippen molar-refractivity contribution in [2.45, 2.75) is 38.1 Å². The van der Waals surface area contributed by atoms with Crippen LogP contribution in [0.1, 0.15) is 41.6 Å². The van der Waals surface area contributed by atoms with Crippen molar-refractivity contribution in [3.63, 3.8) is 0 Å². The monoisotopic (exact) mass is 272 g/mol. The van der Waals surface area contributed by atoms with Crippen molar-refractivity contribution in [2.24, 2.45) is 0 Å². The first-order valence-corrected chi connectivity index (χ1v) is 7.41. The molecule has 4 heteroatoms. The van der Waals surface area contributed by atoms with E-state index in [-0.39, 0.29) is 11.8 Å². The molecule has 0 aromatic heterocycles. The van der Waals surface area contributed by atoms with Crippen LogP contribution in [0.4, 0.5) is 0 Å². The van der Waals surface area contributed by atoms with Gasteiger partial charge in [-0.25, -0.2) is 0 Å². The molecular weight excluding hydrogens is 252 g/mol. The molecule has 1 aromatic rings. The summed E-state index contributed by atoms with van der Waals surface area (Å²) >= 11 is 0. The lowest BCUT2D eigenvalue weighted by Crippen LogP contribution is -2.43. The van der Waals surface area contributed by atoms with E-state index in [2.05, 4.69) is 5.32 Å². The highest BCUT2D eigenvalue weighted by atomic mass is 16.2. The Morgan fingerprint density at radius 3 is 2.90 bits per heavy atom. The van der Waals surface area contributed by atoms with Crippen molar-refractivity contribution in [2.75, 3.05) is 13.1 Å². The van der Waals surface area contributed by atoms with Gasteiger partial charge in [0.2, 0.25) is 5.91 Å². The second-order valence-corrected chi connectivity index (χ2v) is 5.62. The van der Waals surface area contributed by atoms with E-state index >= 15 is 0 Å². The van der Waals surface area contributed by atoms with Crippen LogP contribution < -0.4 is 5.32 Å². The molecular formula is C16H20N2O2. The number of nitrogens with one attached hydrogen (secondary N) is 1. The van der Waals surface area contributed by atoms with Gasteiger partial charge < -0.3 is 5.32 Å². The Hall–Kier alpha value is -1.68. The molecule has 106 valence electrons. The van der Waals surface area contributed by atoms with Crippen molar-refractivity contribution < 1.29 is 9.59 Å². The molecule has 2 amide bonds. The molecule has 20 heavy (non-hydrogen) atoms. The van der Waals surface area contributed by atoms with Gasteiger partial charge in [0.05, 0.1) is 6.42 Å². The van der Waals surface area contributed by atoms with Crippen LogP contribution in [-0.4, -0.2) is 35.8 Å². The van der Waals surface area contributed by atoms with Gasteiger partial charge in [0, 0.05) is 18.2 Å². The molecule has 1 saturated heterocycles. The summed E-state index contributed by atoms with van der Waals surface area (Å²) in [5, 5.41) is 3.44. The molecule has 2 heterocycles. The number of nitrogens with zero attached hydrogens (tertiary/aromatic N) is 1. The highest BCUT2D eigenvalue weighted by Crippen LogP contribution is 2.20. The molecule has 0 aliphatic carbocycles. The molecule has 1 fully saturated rings. The van der Waals surface area contributed by atoms with E-state index in [1.54, 1.807) is 0 Å². The molecule has 1 N–H and O–H groups in total. The average molecular weight is 272 g/mol. The molecule has 0 radical (unpaired) electrons. The van der Waals surface area contributed by atoms with E-state index in [1.807, 2.05) is 24.3 Å². The van der Waals surface area contributed by atoms with Crippen molar-refractivity contribution in [1.29, 1.82) is 0 Å². The quantitative estimate of drug-likeness (QED) is 0.849. The van der Waals surface area contributed by atoms with E-state index in [0.29, 0.717) is 24.6 Å². The van der Waals surface area contributed by atoms with Crippen LogP contribution in [0, 0.1) is 0 Å². The zero-order valence-electron chi connectivity index (χ0n) is 11.6. The highest BCUT2D eigenvalue weighted by Gasteiger charge is 2.30. The Morgan fingerprint density at radius 2 is 2.10 bits per heavy atom. The third-order valence-corrected chi connectivity index (χ3v) is 4.23. The molecule has 1 atom stereocenters. The maximum Gasteiger partial charge on any atom is 0.260 e. The summed E-state index contributed by atoms with van der Waals surface area (Å²) in [6.45, 7) is 1.64. The first kappa shape index (κ1) is 13.3. The first-order valence-electron chi connectivity index (χ1n) is 7.41. The third kappa shape index (κ3) is 2.61. The number of fused-ring (bicyclic) bond motifs is 1. The van der Waals surface area contributed by atoms with Crippen LogP contribution in [0.5, 0.6) is 0 Å². The number of amides is 2. The maximum absolute atomic E-state index is 12.3. The minimum atomic E-state index is -0.128. The van der Waals surface area contributed by atoms with Gasteiger partial charge in [-0.1, -0.05) is 18.2 Å². The van der Waals surface area contributed by atoms with E-state index in [0.717, 1.165) is 24.9 Å². The van der Waals surface area contributed by atoms with Gasteiger partial charge in [-0.05, 0) is 43.9 Å². The zero-order valence-corrected chi connectivity index (χ0v) is 11.6. The summed E-state index contributed by atoms with van der Waals surface area (Å²) in [5.74, 6) is -0.190. The molecule has 3 rings (SSSR count). The van der Waals surface area contributed by atoms with Crippen LogP contribution in [0.2, 0.25) is 0 Å².